The van der Waals surface area contributed by atoms with E-state index in [9.17, 15) is 21.6 Å². The van der Waals surface area contributed by atoms with Crippen molar-refractivity contribution in [2.24, 2.45) is 5.14 Å². The van der Waals surface area contributed by atoms with Gasteiger partial charge in [0.2, 0.25) is 26.0 Å². The van der Waals surface area contributed by atoms with Gasteiger partial charge in [-0.05, 0) is 41.3 Å². The predicted molar refractivity (Wildman–Crippen MR) is 127 cm³/mol. The van der Waals surface area contributed by atoms with Crippen molar-refractivity contribution in [3.63, 3.8) is 0 Å². The summed E-state index contributed by atoms with van der Waals surface area (Å²) in [4.78, 5) is 14.4. The highest BCUT2D eigenvalue weighted by Crippen LogP contribution is 2.25. The Morgan fingerprint density at radius 2 is 1.55 bits per heavy atom. The lowest BCUT2D eigenvalue weighted by Crippen LogP contribution is -2.50. The van der Waals surface area contributed by atoms with Crippen molar-refractivity contribution < 1.29 is 21.6 Å². The van der Waals surface area contributed by atoms with Crippen LogP contribution in [0.1, 0.15) is 26.3 Å². The largest absolute Gasteiger partial charge is 0.325 e. The van der Waals surface area contributed by atoms with E-state index in [-0.39, 0.29) is 40.7 Å². The molecule has 0 saturated carbocycles. The molecule has 0 spiro atoms. The van der Waals surface area contributed by atoms with Crippen molar-refractivity contribution in [2.45, 2.75) is 36.0 Å². The molecule has 0 radical (unpaired) electrons. The fourth-order valence-corrected chi connectivity index (χ4v) is 5.54. The van der Waals surface area contributed by atoms with Gasteiger partial charge in [-0.2, -0.15) is 4.31 Å². The van der Waals surface area contributed by atoms with Crippen LogP contribution in [0.5, 0.6) is 0 Å². The molecule has 0 aliphatic carbocycles. The smallest absolute Gasteiger partial charge is 0.243 e. The van der Waals surface area contributed by atoms with Gasteiger partial charge in [-0.3, -0.25) is 9.69 Å². The van der Waals surface area contributed by atoms with Gasteiger partial charge in [0.25, 0.3) is 0 Å². The standard InChI is InChI=1S/C22H30N4O5S2/c1-22(2,3)17-7-9-19(10-8-17)33(30,31)26-13-11-25(12-14-26)16-21(27)24-18-5-4-6-20(15-18)32(23,28)29/h4-10,15H,11-14,16H2,1-3H3,(H,24,27)(H2,23,28,29). The highest BCUT2D eigenvalue weighted by atomic mass is 32.2. The van der Waals surface area contributed by atoms with Crippen molar-refractivity contribution >= 4 is 31.6 Å². The number of primary sulfonamides is 1. The summed E-state index contributed by atoms with van der Waals surface area (Å²) in [6, 6.07) is 12.7. The zero-order valence-corrected chi connectivity index (χ0v) is 20.6. The Labute approximate surface area is 195 Å². The van der Waals surface area contributed by atoms with Crippen LogP contribution in [-0.2, 0) is 30.3 Å². The fraction of sp³-hybridized carbons (Fsp3) is 0.409. The molecule has 3 rings (SSSR count). The minimum Gasteiger partial charge on any atom is -0.325 e. The molecule has 2 aromatic carbocycles. The van der Waals surface area contributed by atoms with Gasteiger partial charge in [-0.25, -0.2) is 22.0 Å². The number of hydrogen-bond donors (Lipinski definition) is 2. The number of nitrogens with zero attached hydrogens (tertiary/aromatic N) is 2. The Balaban J connectivity index is 1.57. The van der Waals surface area contributed by atoms with Crippen LogP contribution in [0.3, 0.4) is 0 Å². The predicted octanol–water partition coefficient (Wildman–Crippen LogP) is 1.58. The van der Waals surface area contributed by atoms with Gasteiger partial charge in [0.1, 0.15) is 0 Å². The van der Waals surface area contributed by atoms with Crippen LogP contribution in [0.15, 0.2) is 58.3 Å². The Kier molecular flexibility index (Phi) is 7.30. The molecule has 9 nitrogen and oxygen atoms in total. The van der Waals surface area contributed by atoms with Gasteiger partial charge in [-0.15, -0.1) is 0 Å². The number of nitrogens with one attached hydrogen (secondary N) is 1. The SMILES string of the molecule is CC(C)(C)c1ccc(S(=O)(=O)N2CCN(CC(=O)Nc3cccc(S(N)(=O)=O)c3)CC2)cc1. The van der Waals surface area contributed by atoms with E-state index in [0.29, 0.717) is 18.8 Å². The highest BCUT2D eigenvalue weighted by molar-refractivity contribution is 7.89. The first-order valence-corrected chi connectivity index (χ1v) is 13.5. The lowest BCUT2D eigenvalue weighted by molar-refractivity contribution is -0.117. The molecule has 0 aromatic heterocycles. The van der Waals surface area contributed by atoms with Gasteiger partial charge < -0.3 is 5.32 Å². The summed E-state index contributed by atoms with van der Waals surface area (Å²) in [5.41, 5.74) is 1.33. The topological polar surface area (TPSA) is 130 Å². The normalized spacial score (nSPS) is 16.5. The summed E-state index contributed by atoms with van der Waals surface area (Å²) in [6.45, 7) is 7.64. The number of piperazine rings is 1. The van der Waals surface area contributed by atoms with Crippen LogP contribution in [0, 0.1) is 0 Å². The maximum atomic E-state index is 13.0. The molecule has 33 heavy (non-hydrogen) atoms. The highest BCUT2D eigenvalue weighted by Gasteiger charge is 2.29. The monoisotopic (exact) mass is 494 g/mol. The Bertz CT molecular complexity index is 1210. The maximum absolute atomic E-state index is 13.0. The molecule has 11 heteroatoms. The second kappa shape index (κ2) is 9.51. The van der Waals surface area contributed by atoms with E-state index in [1.54, 1.807) is 18.2 Å². The lowest BCUT2D eigenvalue weighted by atomic mass is 9.87. The number of carbonyl (C=O) groups excluding carboxylic acids is 1. The van der Waals surface area contributed by atoms with Gasteiger partial charge in [0.05, 0.1) is 16.3 Å². The molecular weight excluding hydrogens is 464 g/mol. The third-order valence-electron chi connectivity index (χ3n) is 5.50. The van der Waals surface area contributed by atoms with E-state index in [2.05, 4.69) is 26.1 Å². The summed E-state index contributed by atoms with van der Waals surface area (Å²) in [5.74, 6) is -0.323. The minimum atomic E-state index is -3.87. The number of anilines is 1. The molecule has 180 valence electrons. The molecule has 3 N–H and O–H groups in total. The Morgan fingerprint density at radius 3 is 2.09 bits per heavy atom. The molecule has 0 bridgehead atoms. The third kappa shape index (κ3) is 6.39. The third-order valence-corrected chi connectivity index (χ3v) is 8.33. The summed E-state index contributed by atoms with van der Waals surface area (Å²) < 4.78 is 50.4. The average molecular weight is 495 g/mol. The van der Waals surface area contributed by atoms with Crippen LogP contribution < -0.4 is 10.5 Å². The quantitative estimate of drug-likeness (QED) is 0.627. The van der Waals surface area contributed by atoms with Crippen LogP contribution in [0.25, 0.3) is 0 Å². The first-order chi connectivity index (χ1) is 15.3. The molecule has 1 aliphatic rings. The Hall–Kier alpha value is -2.31. The lowest BCUT2D eigenvalue weighted by Gasteiger charge is -2.33. The molecular formula is C22H30N4O5S2. The van der Waals surface area contributed by atoms with Gasteiger partial charge >= 0.3 is 0 Å². The van der Waals surface area contributed by atoms with Crippen molar-refractivity contribution in [3.8, 4) is 0 Å². The number of amides is 1. The van der Waals surface area contributed by atoms with E-state index >= 15 is 0 Å². The molecule has 1 saturated heterocycles. The van der Waals surface area contributed by atoms with Crippen molar-refractivity contribution in [3.05, 3.63) is 54.1 Å². The number of hydrogen-bond acceptors (Lipinski definition) is 6. The molecule has 1 aliphatic heterocycles. The van der Waals surface area contributed by atoms with E-state index in [1.807, 2.05) is 17.0 Å². The summed E-state index contributed by atoms with van der Waals surface area (Å²) in [6.07, 6.45) is 0. The van der Waals surface area contributed by atoms with Crippen LogP contribution in [-0.4, -0.2) is 64.7 Å². The summed E-state index contributed by atoms with van der Waals surface area (Å²) in [7, 11) is -7.47. The van der Waals surface area contributed by atoms with E-state index in [1.165, 1.54) is 22.5 Å². The van der Waals surface area contributed by atoms with Crippen molar-refractivity contribution in [1.82, 2.24) is 9.21 Å². The molecule has 0 unspecified atom stereocenters. The number of carbonyl (C=O) groups is 1. The molecule has 1 fully saturated rings. The minimum absolute atomic E-state index is 0.0611. The first kappa shape index (κ1) is 25.3. The number of rotatable bonds is 6. The maximum Gasteiger partial charge on any atom is 0.243 e. The second-order valence-electron chi connectivity index (χ2n) is 9.08. The van der Waals surface area contributed by atoms with E-state index in [4.69, 9.17) is 5.14 Å². The van der Waals surface area contributed by atoms with Crippen LogP contribution >= 0.6 is 0 Å². The number of nitrogens with two attached hydrogens (primary N) is 1. The zero-order valence-electron chi connectivity index (χ0n) is 19.0. The average Bonchev–Trinajstić information content (AvgIpc) is 2.73. The Morgan fingerprint density at radius 1 is 0.939 bits per heavy atom. The second-order valence-corrected chi connectivity index (χ2v) is 12.6. The zero-order chi connectivity index (χ0) is 24.4. The van der Waals surface area contributed by atoms with Gasteiger partial charge in [0, 0.05) is 31.9 Å². The number of sulfonamides is 2. The van der Waals surface area contributed by atoms with E-state index < -0.39 is 20.0 Å². The van der Waals surface area contributed by atoms with Gasteiger partial charge in [0.15, 0.2) is 0 Å². The van der Waals surface area contributed by atoms with Crippen LogP contribution in [0.4, 0.5) is 5.69 Å². The molecule has 1 amide bonds. The van der Waals surface area contributed by atoms with Gasteiger partial charge in [-0.1, -0.05) is 39.0 Å². The molecule has 2 aromatic rings. The summed E-state index contributed by atoms with van der Waals surface area (Å²) in [5, 5.41) is 7.77. The van der Waals surface area contributed by atoms with Crippen molar-refractivity contribution in [2.75, 3.05) is 38.0 Å². The molecule has 1 heterocycles. The van der Waals surface area contributed by atoms with E-state index in [0.717, 1.165) is 5.56 Å². The van der Waals surface area contributed by atoms with Crippen molar-refractivity contribution in [1.29, 1.82) is 0 Å². The fourth-order valence-electron chi connectivity index (χ4n) is 3.56. The summed E-state index contributed by atoms with van der Waals surface area (Å²) >= 11 is 0. The number of benzene rings is 2. The first-order valence-electron chi connectivity index (χ1n) is 10.5. The molecule has 0 atom stereocenters. The van der Waals surface area contributed by atoms with Crippen LogP contribution in [0.2, 0.25) is 0 Å².